The van der Waals surface area contributed by atoms with Gasteiger partial charge in [0.15, 0.2) is 0 Å². The Morgan fingerprint density at radius 2 is 1.62 bits per heavy atom. The fourth-order valence-corrected chi connectivity index (χ4v) is 3.62. The first-order valence-electron chi connectivity index (χ1n) is 9.18. The molecule has 0 nitrogen and oxygen atoms in total. The fourth-order valence-electron chi connectivity index (χ4n) is 3.62. The number of benzene rings is 2. The van der Waals surface area contributed by atoms with E-state index in [1.807, 2.05) is 0 Å². The van der Waals surface area contributed by atoms with Crippen LogP contribution in [-0.2, 0) is 27.3 Å². The van der Waals surface area contributed by atoms with E-state index in [1.165, 1.54) is 50.6 Å². The van der Waals surface area contributed by atoms with Crippen molar-refractivity contribution in [1.82, 2.24) is 0 Å². The molecule has 0 aromatic heterocycles. The summed E-state index contributed by atoms with van der Waals surface area (Å²) in [5, 5.41) is 2.80. The van der Waals surface area contributed by atoms with Gasteiger partial charge in [-0.2, -0.15) is 6.07 Å². The molecule has 0 radical (unpaired) electrons. The van der Waals surface area contributed by atoms with Gasteiger partial charge in [-0.15, -0.1) is 34.5 Å². The molecule has 3 heteroatoms. The van der Waals surface area contributed by atoms with Crippen molar-refractivity contribution in [2.24, 2.45) is 0 Å². The number of hydrogen-bond acceptors (Lipinski definition) is 0. The summed E-state index contributed by atoms with van der Waals surface area (Å²) in [6.07, 6.45) is 2.32. The summed E-state index contributed by atoms with van der Waals surface area (Å²) in [5.41, 5.74) is 8.43. The van der Waals surface area contributed by atoms with Crippen molar-refractivity contribution in [3.63, 3.8) is 0 Å². The van der Waals surface area contributed by atoms with Gasteiger partial charge in [0.2, 0.25) is 0 Å². The predicted octanol–water partition coefficient (Wildman–Crippen LogP) is 8.29. The Kier molecular flexibility index (Phi) is 8.53. The SMILES string of the molecule is CCCc1ccc2[cH-]c(C(C)C)cc2c1-c1cc(C)cc(C)c1.[Cl][Zr][Cl]. The summed E-state index contributed by atoms with van der Waals surface area (Å²) in [6, 6.07) is 16.3. The molecule has 0 bridgehead atoms. The second-order valence-electron chi connectivity index (χ2n) is 7.24. The summed E-state index contributed by atoms with van der Waals surface area (Å²) in [5.74, 6) is 0.573. The second kappa shape index (κ2) is 10.2. The van der Waals surface area contributed by atoms with Crippen molar-refractivity contribution < 1.29 is 20.8 Å². The van der Waals surface area contributed by atoms with Crippen LogP contribution in [0.4, 0.5) is 0 Å². The monoisotopic (exact) mass is 463 g/mol. The standard InChI is InChI=1S/C23H27.2ClH.Zr/c1-6-7-18-8-9-19-13-20(15(2)3)14-22(19)23(18)21-11-16(4)10-17(5)12-21;;;/h8-15H,6-7H2,1-5H3;2*1H;/q-1;;;+2/p-2. The van der Waals surface area contributed by atoms with Crippen LogP contribution in [0.2, 0.25) is 0 Å². The van der Waals surface area contributed by atoms with E-state index in [4.69, 9.17) is 17.0 Å². The Labute approximate surface area is 176 Å². The van der Waals surface area contributed by atoms with Crippen molar-refractivity contribution in [2.45, 2.75) is 53.4 Å². The van der Waals surface area contributed by atoms with E-state index in [2.05, 4.69) is 77.1 Å². The van der Waals surface area contributed by atoms with Gasteiger partial charge in [-0.05, 0) is 31.7 Å². The van der Waals surface area contributed by atoms with Crippen LogP contribution >= 0.6 is 17.0 Å². The molecule has 0 aliphatic heterocycles. The van der Waals surface area contributed by atoms with Crippen LogP contribution in [0.5, 0.6) is 0 Å². The van der Waals surface area contributed by atoms with E-state index in [0.29, 0.717) is 5.92 Å². The van der Waals surface area contributed by atoms with Gasteiger partial charge in [0.1, 0.15) is 0 Å². The fraction of sp³-hybridized carbons (Fsp3) is 0.348. The average Bonchev–Trinajstić information content (AvgIpc) is 2.99. The zero-order chi connectivity index (χ0) is 19.3. The molecular weight excluding hydrogens is 438 g/mol. The summed E-state index contributed by atoms with van der Waals surface area (Å²) in [6.45, 7) is 11.2. The van der Waals surface area contributed by atoms with Gasteiger partial charge in [-0.25, -0.2) is 0 Å². The summed E-state index contributed by atoms with van der Waals surface area (Å²) < 4.78 is 0. The Bertz CT molecular complexity index is 842. The molecule has 0 aliphatic rings. The molecule has 0 spiro atoms. The number of halogens is 2. The van der Waals surface area contributed by atoms with E-state index in [-0.39, 0.29) is 0 Å². The normalized spacial score (nSPS) is 10.8. The van der Waals surface area contributed by atoms with Crippen molar-refractivity contribution in [1.29, 1.82) is 0 Å². The zero-order valence-electron chi connectivity index (χ0n) is 16.3. The summed E-state index contributed by atoms with van der Waals surface area (Å²) >= 11 is -0.826. The Hall–Kier alpha value is -0.487. The van der Waals surface area contributed by atoms with Crippen molar-refractivity contribution in [3.8, 4) is 11.1 Å². The molecule has 0 aliphatic carbocycles. The molecule has 26 heavy (non-hydrogen) atoms. The van der Waals surface area contributed by atoms with Crippen molar-refractivity contribution in [2.75, 3.05) is 0 Å². The molecule has 0 atom stereocenters. The van der Waals surface area contributed by atoms with Crippen LogP contribution in [0, 0.1) is 13.8 Å². The average molecular weight is 466 g/mol. The van der Waals surface area contributed by atoms with E-state index in [0.717, 1.165) is 6.42 Å². The van der Waals surface area contributed by atoms with E-state index in [9.17, 15) is 0 Å². The third-order valence-electron chi connectivity index (χ3n) is 4.70. The summed E-state index contributed by atoms with van der Waals surface area (Å²) in [4.78, 5) is 0. The first-order valence-corrected chi connectivity index (χ1v) is 15.5. The van der Waals surface area contributed by atoms with Gasteiger partial charge >= 0.3 is 37.9 Å². The van der Waals surface area contributed by atoms with Crippen molar-refractivity contribution in [3.05, 3.63) is 64.7 Å². The van der Waals surface area contributed by atoms with Crippen molar-refractivity contribution >= 4 is 27.8 Å². The quantitative estimate of drug-likeness (QED) is 0.340. The predicted molar refractivity (Wildman–Crippen MR) is 114 cm³/mol. The van der Waals surface area contributed by atoms with Crippen LogP contribution < -0.4 is 0 Å². The third-order valence-corrected chi connectivity index (χ3v) is 4.70. The van der Waals surface area contributed by atoms with E-state index < -0.39 is 20.8 Å². The molecule has 3 rings (SSSR count). The maximum atomic E-state index is 4.93. The van der Waals surface area contributed by atoms with Crippen LogP contribution in [0.15, 0.2) is 42.5 Å². The molecule has 0 unspecified atom stereocenters. The van der Waals surface area contributed by atoms with Crippen LogP contribution in [-0.4, -0.2) is 0 Å². The molecule has 3 aromatic carbocycles. The second-order valence-corrected chi connectivity index (χ2v) is 11.0. The maximum absolute atomic E-state index is 4.93. The Balaban J connectivity index is 0.000000758. The zero-order valence-corrected chi connectivity index (χ0v) is 20.3. The van der Waals surface area contributed by atoms with Gasteiger partial charge in [-0.1, -0.05) is 67.6 Å². The molecular formula is C23H27Cl2Zr-. The number of hydrogen-bond donors (Lipinski definition) is 0. The topological polar surface area (TPSA) is 0 Å². The van der Waals surface area contributed by atoms with Gasteiger partial charge in [-0.3, -0.25) is 0 Å². The van der Waals surface area contributed by atoms with Crippen LogP contribution in [0.1, 0.15) is 55.4 Å². The van der Waals surface area contributed by atoms with E-state index in [1.54, 1.807) is 0 Å². The molecule has 0 saturated carbocycles. The van der Waals surface area contributed by atoms with Gasteiger partial charge < -0.3 is 0 Å². The molecule has 0 fully saturated rings. The molecule has 3 aromatic rings. The molecule has 0 amide bonds. The summed E-state index contributed by atoms with van der Waals surface area (Å²) in [7, 11) is 9.87. The van der Waals surface area contributed by atoms with E-state index >= 15 is 0 Å². The Morgan fingerprint density at radius 1 is 1.00 bits per heavy atom. The molecule has 0 heterocycles. The first-order chi connectivity index (χ1) is 12.4. The number of rotatable bonds is 4. The number of fused-ring (bicyclic) bond motifs is 1. The number of aryl methyl sites for hydroxylation is 3. The minimum atomic E-state index is -0.826. The van der Waals surface area contributed by atoms with Gasteiger partial charge in [0, 0.05) is 0 Å². The van der Waals surface area contributed by atoms with Crippen LogP contribution in [0.3, 0.4) is 0 Å². The molecule has 0 saturated heterocycles. The third kappa shape index (κ3) is 5.28. The van der Waals surface area contributed by atoms with Gasteiger partial charge in [0.25, 0.3) is 0 Å². The van der Waals surface area contributed by atoms with Crippen LogP contribution in [0.25, 0.3) is 21.9 Å². The minimum absolute atomic E-state index is 0.573. The Morgan fingerprint density at radius 3 is 2.15 bits per heavy atom. The molecule has 138 valence electrons. The first kappa shape index (κ1) is 21.8. The molecule has 0 N–H and O–H groups in total. The van der Waals surface area contributed by atoms with Gasteiger partial charge in [0.05, 0.1) is 0 Å².